The quantitative estimate of drug-likeness (QED) is 0.573. The van der Waals surface area contributed by atoms with E-state index in [0.717, 1.165) is 5.56 Å². The van der Waals surface area contributed by atoms with E-state index in [9.17, 15) is 4.79 Å². The van der Waals surface area contributed by atoms with Gasteiger partial charge in [-0.15, -0.1) is 6.58 Å². The second-order valence-electron chi connectivity index (χ2n) is 2.72. The third kappa shape index (κ3) is 2.44. The predicted molar refractivity (Wildman–Crippen MR) is 53.8 cm³/mol. The van der Waals surface area contributed by atoms with Gasteiger partial charge in [-0.25, -0.2) is 0 Å². The molecule has 0 spiro atoms. The molecular formula is C9H11ClN2O. The Balaban J connectivity index is 3.00. The van der Waals surface area contributed by atoms with Gasteiger partial charge in [0.1, 0.15) is 5.15 Å². The highest BCUT2D eigenvalue weighted by Gasteiger charge is 2.08. The topological polar surface area (TPSA) is 58.9 Å². The van der Waals surface area contributed by atoms with Crippen molar-refractivity contribution >= 4 is 11.6 Å². The van der Waals surface area contributed by atoms with Gasteiger partial charge in [-0.3, -0.25) is 4.79 Å². The summed E-state index contributed by atoms with van der Waals surface area (Å²) in [5.74, 6) is 0. The molecule has 0 amide bonds. The Morgan fingerprint density at radius 1 is 1.69 bits per heavy atom. The molecule has 1 heterocycles. The first-order valence-corrected chi connectivity index (χ1v) is 4.28. The van der Waals surface area contributed by atoms with E-state index >= 15 is 0 Å². The molecule has 3 N–H and O–H groups in total. The maximum atomic E-state index is 10.8. The first kappa shape index (κ1) is 10.0. The van der Waals surface area contributed by atoms with E-state index in [1.165, 1.54) is 6.07 Å². The monoisotopic (exact) mass is 198 g/mol. The van der Waals surface area contributed by atoms with Crippen LogP contribution in [0.4, 0.5) is 0 Å². The lowest BCUT2D eigenvalue weighted by molar-refractivity contribution is 0.736. The number of rotatable bonds is 3. The highest BCUT2D eigenvalue weighted by atomic mass is 35.5. The van der Waals surface area contributed by atoms with Crippen molar-refractivity contribution in [2.24, 2.45) is 5.73 Å². The van der Waals surface area contributed by atoms with E-state index in [1.54, 1.807) is 12.1 Å². The molecule has 0 aliphatic rings. The normalized spacial score (nSPS) is 12.5. The minimum Gasteiger partial charge on any atom is -0.324 e. The summed E-state index contributed by atoms with van der Waals surface area (Å²) in [6.07, 6.45) is 2.35. The van der Waals surface area contributed by atoms with Crippen LogP contribution in [-0.4, -0.2) is 4.98 Å². The van der Waals surface area contributed by atoms with Crippen molar-refractivity contribution in [3.05, 3.63) is 45.9 Å². The van der Waals surface area contributed by atoms with Crippen LogP contribution in [-0.2, 0) is 0 Å². The van der Waals surface area contributed by atoms with Crippen LogP contribution in [0.25, 0.3) is 0 Å². The molecule has 70 valence electrons. The zero-order chi connectivity index (χ0) is 9.84. The molecule has 0 saturated carbocycles. The van der Waals surface area contributed by atoms with Crippen molar-refractivity contribution < 1.29 is 0 Å². The van der Waals surface area contributed by atoms with Gasteiger partial charge in [-0.1, -0.05) is 17.7 Å². The number of aromatic nitrogens is 1. The van der Waals surface area contributed by atoms with Crippen molar-refractivity contribution in [2.45, 2.75) is 12.5 Å². The molecule has 1 aromatic heterocycles. The molecule has 0 aliphatic heterocycles. The van der Waals surface area contributed by atoms with Gasteiger partial charge < -0.3 is 10.7 Å². The van der Waals surface area contributed by atoms with Gasteiger partial charge >= 0.3 is 0 Å². The molecule has 0 aliphatic carbocycles. The summed E-state index contributed by atoms with van der Waals surface area (Å²) in [5, 5.41) is 0.307. The van der Waals surface area contributed by atoms with E-state index in [-0.39, 0.29) is 11.6 Å². The van der Waals surface area contributed by atoms with Gasteiger partial charge in [-0.2, -0.15) is 0 Å². The fraction of sp³-hybridized carbons (Fsp3) is 0.222. The van der Waals surface area contributed by atoms with Crippen LogP contribution in [0.5, 0.6) is 0 Å². The summed E-state index contributed by atoms with van der Waals surface area (Å²) in [7, 11) is 0. The van der Waals surface area contributed by atoms with Gasteiger partial charge in [0.05, 0.1) is 0 Å². The van der Waals surface area contributed by atoms with Crippen molar-refractivity contribution in [3.63, 3.8) is 0 Å². The SMILES string of the molecule is C=CC[C@H](N)c1ccc(=O)[nH]c1Cl. The molecule has 4 heteroatoms. The fourth-order valence-electron chi connectivity index (χ4n) is 1.05. The Morgan fingerprint density at radius 3 is 2.92 bits per heavy atom. The summed E-state index contributed by atoms with van der Waals surface area (Å²) < 4.78 is 0. The van der Waals surface area contributed by atoms with Crippen LogP contribution in [0.15, 0.2) is 29.6 Å². The molecule has 1 atom stereocenters. The standard InChI is InChI=1S/C9H11ClN2O/c1-2-3-7(11)6-4-5-8(13)12-9(6)10/h2,4-5,7H,1,3,11H2,(H,12,13)/t7-/m0/s1. The van der Waals surface area contributed by atoms with E-state index < -0.39 is 0 Å². The fourth-order valence-corrected chi connectivity index (χ4v) is 1.35. The Labute approximate surface area is 81.2 Å². The lowest BCUT2D eigenvalue weighted by atomic mass is 10.1. The first-order valence-electron chi connectivity index (χ1n) is 3.90. The molecule has 3 nitrogen and oxygen atoms in total. The second kappa shape index (κ2) is 4.25. The first-order chi connectivity index (χ1) is 6.15. The third-order valence-corrected chi connectivity index (χ3v) is 2.03. The van der Waals surface area contributed by atoms with Crippen LogP contribution in [0.1, 0.15) is 18.0 Å². The number of pyridine rings is 1. The van der Waals surface area contributed by atoms with E-state index in [2.05, 4.69) is 11.6 Å². The van der Waals surface area contributed by atoms with Gasteiger partial charge in [-0.05, 0) is 12.5 Å². The lowest BCUT2D eigenvalue weighted by Crippen LogP contribution is -2.13. The Bertz CT molecular complexity index is 359. The van der Waals surface area contributed by atoms with Gasteiger partial charge in [0.25, 0.3) is 0 Å². The molecule has 0 fully saturated rings. The third-order valence-electron chi connectivity index (χ3n) is 1.72. The number of nitrogens with one attached hydrogen (secondary N) is 1. The van der Waals surface area contributed by atoms with Crippen molar-refractivity contribution in [1.82, 2.24) is 4.98 Å². The minimum absolute atomic E-state index is 0.207. The number of halogens is 1. The van der Waals surface area contributed by atoms with Crippen molar-refractivity contribution in [3.8, 4) is 0 Å². The second-order valence-corrected chi connectivity index (χ2v) is 3.10. The number of H-pyrrole nitrogens is 1. The van der Waals surface area contributed by atoms with Crippen LogP contribution in [0.3, 0.4) is 0 Å². The van der Waals surface area contributed by atoms with Gasteiger partial charge in [0.2, 0.25) is 5.56 Å². The molecular weight excluding hydrogens is 188 g/mol. The minimum atomic E-state index is -0.223. The summed E-state index contributed by atoms with van der Waals surface area (Å²) in [6, 6.07) is 2.83. The molecule has 0 radical (unpaired) electrons. The average molecular weight is 199 g/mol. The molecule has 0 bridgehead atoms. The molecule has 13 heavy (non-hydrogen) atoms. The Hall–Kier alpha value is -1.06. The molecule has 0 unspecified atom stereocenters. The highest BCUT2D eigenvalue weighted by molar-refractivity contribution is 6.30. The largest absolute Gasteiger partial charge is 0.324 e. The molecule has 0 saturated heterocycles. The van der Waals surface area contributed by atoms with E-state index in [4.69, 9.17) is 17.3 Å². The summed E-state index contributed by atoms with van der Waals surface area (Å²) in [6.45, 7) is 3.58. The summed E-state index contributed by atoms with van der Waals surface area (Å²) in [5.41, 5.74) is 6.29. The molecule has 0 aromatic carbocycles. The van der Waals surface area contributed by atoms with Crippen LogP contribution in [0.2, 0.25) is 5.15 Å². The zero-order valence-electron chi connectivity index (χ0n) is 7.09. The average Bonchev–Trinajstić information content (AvgIpc) is 2.04. The number of aromatic amines is 1. The van der Waals surface area contributed by atoms with Crippen LogP contribution >= 0.6 is 11.6 Å². The molecule has 1 aromatic rings. The van der Waals surface area contributed by atoms with Crippen LogP contribution in [0, 0.1) is 0 Å². The molecule has 1 rings (SSSR count). The number of hydrogen-bond donors (Lipinski definition) is 2. The Morgan fingerprint density at radius 2 is 2.38 bits per heavy atom. The lowest BCUT2D eigenvalue weighted by Gasteiger charge is -2.10. The van der Waals surface area contributed by atoms with E-state index in [0.29, 0.717) is 11.6 Å². The summed E-state index contributed by atoms with van der Waals surface area (Å²) >= 11 is 5.79. The maximum Gasteiger partial charge on any atom is 0.249 e. The van der Waals surface area contributed by atoms with Gasteiger partial charge in [0, 0.05) is 17.7 Å². The summed E-state index contributed by atoms with van der Waals surface area (Å²) in [4.78, 5) is 13.3. The van der Waals surface area contributed by atoms with Gasteiger partial charge in [0.15, 0.2) is 0 Å². The predicted octanol–water partition coefficient (Wildman–Crippen LogP) is 1.60. The smallest absolute Gasteiger partial charge is 0.249 e. The van der Waals surface area contributed by atoms with Crippen molar-refractivity contribution in [1.29, 1.82) is 0 Å². The number of nitrogens with two attached hydrogens (primary N) is 1. The highest BCUT2D eigenvalue weighted by Crippen LogP contribution is 2.19. The zero-order valence-corrected chi connectivity index (χ0v) is 7.84. The maximum absolute atomic E-state index is 10.8. The Kier molecular flexibility index (Phi) is 3.28. The van der Waals surface area contributed by atoms with Crippen LogP contribution < -0.4 is 11.3 Å². The van der Waals surface area contributed by atoms with E-state index in [1.807, 2.05) is 0 Å². The number of hydrogen-bond acceptors (Lipinski definition) is 2. The van der Waals surface area contributed by atoms with Crippen molar-refractivity contribution in [2.75, 3.05) is 0 Å².